The first kappa shape index (κ1) is 17.6. The third kappa shape index (κ3) is 4.06. The number of amides is 2. The average Bonchev–Trinajstić information content (AvgIpc) is 3.22. The normalized spacial score (nSPS) is 22.2. The molecule has 1 aliphatic heterocycles. The number of nitrogens with one attached hydrogen (secondary N) is 2. The second kappa shape index (κ2) is 6.58. The van der Waals surface area contributed by atoms with E-state index in [0.717, 1.165) is 18.5 Å². The standard InChI is InChI=1S/C15H21N5O4S/c1-9-13(7-16-18-15(22)14(21)17-11-3-4-11)10(2)20(19-9)12-5-6-25(23,24)8-12/h7,11-12H,3-6,8H2,1-2H3,(H,17,21)(H,18,22)/b16-7-/t12-/m0/s1. The second-order valence-corrected chi connectivity index (χ2v) is 8.76. The van der Waals surface area contributed by atoms with Crippen LogP contribution in [0.3, 0.4) is 0 Å². The maximum Gasteiger partial charge on any atom is 0.329 e. The lowest BCUT2D eigenvalue weighted by atomic mass is 10.2. The van der Waals surface area contributed by atoms with Crippen molar-refractivity contribution in [1.82, 2.24) is 20.5 Å². The van der Waals surface area contributed by atoms with E-state index in [9.17, 15) is 18.0 Å². The van der Waals surface area contributed by atoms with E-state index < -0.39 is 21.7 Å². The van der Waals surface area contributed by atoms with Gasteiger partial charge < -0.3 is 5.32 Å². The van der Waals surface area contributed by atoms with E-state index in [4.69, 9.17) is 0 Å². The number of rotatable bonds is 4. The van der Waals surface area contributed by atoms with Crippen molar-refractivity contribution in [2.75, 3.05) is 11.5 Å². The summed E-state index contributed by atoms with van der Waals surface area (Å²) in [6.07, 6.45) is 3.77. The van der Waals surface area contributed by atoms with Gasteiger partial charge in [-0.3, -0.25) is 14.3 Å². The Morgan fingerprint density at radius 3 is 2.56 bits per heavy atom. The van der Waals surface area contributed by atoms with Crippen molar-refractivity contribution in [3.63, 3.8) is 0 Å². The van der Waals surface area contributed by atoms with Crippen LogP contribution in [0, 0.1) is 13.8 Å². The molecule has 1 saturated heterocycles. The topological polar surface area (TPSA) is 123 Å². The van der Waals surface area contributed by atoms with Crippen LogP contribution in [-0.4, -0.2) is 53.8 Å². The van der Waals surface area contributed by atoms with Crippen molar-refractivity contribution in [2.45, 2.75) is 45.2 Å². The Bertz CT molecular complexity index is 838. The number of carbonyl (C=O) groups excluding carboxylic acids is 2. The Labute approximate surface area is 145 Å². The molecule has 25 heavy (non-hydrogen) atoms. The molecule has 0 aromatic carbocycles. The second-order valence-electron chi connectivity index (χ2n) is 6.53. The average molecular weight is 367 g/mol. The summed E-state index contributed by atoms with van der Waals surface area (Å²) in [6, 6.07) is -0.0719. The molecule has 2 heterocycles. The summed E-state index contributed by atoms with van der Waals surface area (Å²) in [4.78, 5) is 23.2. The molecule has 2 N–H and O–H groups in total. The highest BCUT2D eigenvalue weighted by atomic mass is 32.2. The molecule has 1 aliphatic carbocycles. The molecular weight excluding hydrogens is 346 g/mol. The van der Waals surface area contributed by atoms with Crippen LogP contribution in [0.2, 0.25) is 0 Å². The van der Waals surface area contributed by atoms with Gasteiger partial charge in [0.25, 0.3) is 0 Å². The van der Waals surface area contributed by atoms with Crippen LogP contribution < -0.4 is 10.7 Å². The zero-order valence-corrected chi connectivity index (χ0v) is 15.0. The van der Waals surface area contributed by atoms with Crippen molar-refractivity contribution < 1.29 is 18.0 Å². The molecule has 2 fully saturated rings. The van der Waals surface area contributed by atoms with Gasteiger partial charge in [-0.15, -0.1) is 0 Å². The molecule has 10 heteroatoms. The zero-order valence-electron chi connectivity index (χ0n) is 14.2. The number of hydrogen-bond donors (Lipinski definition) is 2. The quantitative estimate of drug-likeness (QED) is 0.425. The summed E-state index contributed by atoms with van der Waals surface area (Å²) in [5.74, 6) is -1.25. The summed E-state index contributed by atoms with van der Waals surface area (Å²) in [7, 11) is -3.00. The van der Waals surface area contributed by atoms with Gasteiger partial charge in [-0.2, -0.15) is 10.2 Å². The van der Waals surface area contributed by atoms with Crippen LogP contribution in [0.15, 0.2) is 5.10 Å². The van der Waals surface area contributed by atoms with Crippen molar-refractivity contribution in [3.8, 4) is 0 Å². The Morgan fingerprint density at radius 2 is 1.96 bits per heavy atom. The molecule has 9 nitrogen and oxygen atoms in total. The summed E-state index contributed by atoms with van der Waals surface area (Å²) < 4.78 is 25.0. The number of nitrogens with zero attached hydrogens (tertiary/aromatic N) is 3. The SMILES string of the molecule is Cc1nn([C@H]2CCS(=O)(=O)C2)c(C)c1/C=N\NC(=O)C(=O)NC1CC1. The predicted octanol–water partition coefficient (Wildman–Crippen LogP) is -0.412. The van der Waals surface area contributed by atoms with Gasteiger partial charge in [0.05, 0.1) is 29.5 Å². The van der Waals surface area contributed by atoms with Crippen molar-refractivity contribution in [3.05, 3.63) is 17.0 Å². The van der Waals surface area contributed by atoms with Crippen LogP contribution >= 0.6 is 0 Å². The molecule has 2 aliphatic rings. The lowest BCUT2D eigenvalue weighted by molar-refractivity contribution is -0.139. The molecule has 3 rings (SSSR count). The molecule has 0 unspecified atom stereocenters. The number of carbonyl (C=O) groups is 2. The highest BCUT2D eigenvalue weighted by Crippen LogP contribution is 2.26. The van der Waals surface area contributed by atoms with Gasteiger partial charge in [-0.1, -0.05) is 0 Å². The molecule has 1 atom stereocenters. The lowest BCUT2D eigenvalue weighted by Crippen LogP contribution is -2.38. The maximum atomic E-state index is 11.7. The molecule has 1 aromatic rings. The third-order valence-corrected chi connectivity index (χ3v) is 6.16. The minimum atomic E-state index is -3.00. The molecule has 136 valence electrons. The first-order valence-corrected chi connectivity index (χ1v) is 9.99. The largest absolute Gasteiger partial charge is 0.345 e. The van der Waals surface area contributed by atoms with Crippen LogP contribution in [0.5, 0.6) is 0 Å². The van der Waals surface area contributed by atoms with E-state index in [2.05, 4.69) is 20.9 Å². The predicted molar refractivity (Wildman–Crippen MR) is 90.9 cm³/mol. The first-order chi connectivity index (χ1) is 11.8. The lowest BCUT2D eigenvalue weighted by Gasteiger charge is -2.10. The van der Waals surface area contributed by atoms with Gasteiger partial charge in [0.15, 0.2) is 9.84 Å². The summed E-state index contributed by atoms with van der Waals surface area (Å²) in [5, 5.41) is 10.8. The minimum absolute atomic E-state index is 0.0869. The molecule has 0 spiro atoms. The smallest absolute Gasteiger partial charge is 0.329 e. The molecule has 1 saturated carbocycles. The molecule has 2 amide bonds. The summed E-state index contributed by atoms with van der Waals surface area (Å²) in [6.45, 7) is 3.61. The van der Waals surface area contributed by atoms with Gasteiger partial charge in [-0.05, 0) is 33.1 Å². The van der Waals surface area contributed by atoms with Crippen molar-refractivity contribution in [1.29, 1.82) is 0 Å². The van der Waals surface area contributed by atoms with Gasteiger partial charge >= 0.3 is 11.8 Å². The highest BCUT2D eigenvalue weighted by Gasteiger charge is 2.31. The zero-order chi connectivity index (χ0) is 18.2. The van der Waals surface area contributed by atoms with E-state index in [0.29, 0.717) is 17.7 Å². The van der Waals surface area contributed by atoms with Gasteiger partial charge in [-0.25, -0.2) is 13.8 Å². The van der Waals surface area contributed by atoms with Crippen LogP contribution in [0.25, 0.3) is 0 Å². The Balaban J connectivity index is 1.66. The molecule has 0 bridgehead atoms. The minimum Gasteiger partial charge on any atom is -0.345 e. The van der Waals surface area contributed by atoms with E-state index in [-0.39, 0.29) is 23.6 Å². The molecule has 0 radical (unpaired) electrons. The molecular formula is C15H21N5O4S. The maximum absolute atomic E-state index is 11.7. The van der Waals surface area contributed by atoms with E-state index in [1.807, 2.05) is 6.92 Å². The molecule has 1 aromatic heterocycles. The van der Waals surface area contributed by atoms with Gasteiger partial charge in [0.2, 0.25) is 0 Å². The van der Waals surface area contributed by atoms with Crippen LogP contribution in [0.4, 0.5) is 0 Å². The monoisotopic (exact) mass is 367 g/mol. The van der Waals surface area contributed by atoms with E-state index >= 15 is 0 Å². The van der Waals surface area contributed by atoms with E-state index in [1.54, 1.807) is 11.6 Å². The first-order valence-electron chi connectivity index (χ1n) is 8.17. The summed E-state index contributed by atoms with van der Waals surface area (Å²) in [5.41, 5.74) is 4.36. The fourth-order valence-electron chi connectivity index (χ4n) is 2.87. The number of hydrazone groups is 1. The van der Waals surface area contributed by atoms with Gasteiger partial charge in [0, 0.05) is 17.3 Å². The van der Waals surface area contributed by atoms with Crippen molar-refractivity contribution in [2.24, 2.45) is 5.10 Å². The number of sulfone groups is 1. The number of hydrogen-bond acceptors (Lipinski definition) is 6. The Morgan fingerprint density at radius 1 is 1.24 bits per heavy atom. The van der Waals surface area contributed by atoms with Crippen molar-refractivity contribution >= 4 is 27.9 Å². The highest BCUT2D eigenvalue weighted by molar-refractivity contribution is 7.91. The number of aromatic nitrogens is 2. The Hall–Kier alpha value is -2.23. The van der Waals surface area contributed by atoms with E-state index in [1.165, 1.54) is 6.21 Å². The van der Waals surface area contributed by atoms with Crippen LogP contribution in [-0.2, 0) is 19.4 Å². The Kier molecular flexibility index (Phi) is 4.63. The van der Waals surface area contributed by atoms with Gasteiger partial charge in [0.1, 0.15) is 0 Å². The fraction of sp³-hybridized carbons (Fsp3) is 0.600. The summed E-state index contributed by atoms with van der Waals surface area (Å²) >= 11 is 0. The number of aryl methyl sites for hydroxylation is 1. The third-order valence-electron chi connectivity index (χ3n) is 4.41. The van der Waals surface area contributed by atoms with Crippen LogP contribution in [0.1, 0.15) is 42.3 Å². The fourth-order valence-corrected chi connectivity index (χ4v) is 4.56.